The first-order valence-electron chi connectivity index (χ1n) is 18.6. The van der Waals surface area contributed by atoms with Crippen molar-refractivity contribution < 1.29 is 37.6 Å². The topological polar surface area (TPSA) is 134 Å². The van der Waals surface area contributed by atoms with Crippen LogP contribution in [0.2, 0.25) is 0 Å². The van der Waals surface area contributed by atoms with Crippen molar-refractivity contribution in [2.24, 2.45) is 5.73 Å². The fourth-order valence-corrected chi connectivity index (χ4v) is 5.47. The van der Waals surface area contributed by atoms with Crippen molar-refractivity contribution in [2.75, 3.05) is 26.4 Å². The van der Waals surface area contributed by atoms with E-state index in [0.717, 1.165) is 89.9 Å². The van der Waals surface area contributed by atoms with E-state index in [4.69, 9.17) is 24.3 Å². The number of carbonyl (C=O) groups is 2. The predicted octanol–water partition coefficient (Wildman–Crippen LogP) is 9.99. The third kappa shape index (κ3) is 33.9. The monoisotopic (exact) mass is 697 g/mol. The van der Waals surface area contributed by atoms with Crippen LogP contribution < -0.4 is 5.73 Å². The second-order valence-corrected chi connectivity index (χ2v) is 13.5. The summed E-state index contributed by atoms with van der Waals surface area (Å²) < 4.78 is 32.6. The lowest BCUT2D eigenvalue weighted by Gasteiger charge is -2.19. The van der Waals surface area contributed by atoms with E-state index in [1.54, 1.807) is 0 Å². The molecule has 0 radical (unpaired) electrons. The third-order valence-corrected chi connectivity index (χ3v) is 8.43. The Morgan fingerprint density at radius 1 is 0.646 bits per heavy atom. The molecule has 0 aliphatic carbocycles. The minimum atomic E-state index is -4.38. The molecule has 0 saturated heterocycles. The van der Waals surface area contributed by atoms with Gasteiger partial charge in [0.2, 0.25) is 0 Å². The number of ether oxygens (including phenoxy) is 2. The molecule has 0 aliphatic heterocycles. The standard InChI is InChI=1S/C38H68NO8P/c1-3-5-7-9-11-13-15-17-18-19-21-22-24-26-28-30-37(40)44-34-36(35-46-48(42,43)45-33-32-39)47-38(41)31-29-27-25-23-20-16-14-12-10-8-6-4-2/h5,7,11-14,17-18,36H,3-4,6,8-10,15-16,19-35,39H2,1-2H3,(H,42,43)/b7-5+,13-11+,14-12+,18-17+/t36-/m1/s1. The first-order valence-corrected chi connectivity index (χ1v) is 20.1. The van der Waals surface area contributed by atoms with Gasteiger partial charge in [0.15, 0.2) is 6.10 Å². The van der Waals surface area contributed by atoms with Crippen molar-refractivity contribution in [3.05, 3.63) is 48.6 Å². The Kier molecular flexibility index (Phi) is 33.3. The minimum absolute atomic E-state index is 0.0478. The van der Waals surface area contributed by atoms with Crippen molar-refractivity contribution in [1.82, 2.24) is 0 Å². The van der Waals surface area contributed by atoms with Gasteiger partial charge in [-0.2, -0.15) is 0 Å². The molecule has 0 amide bonds. The molecule has 0 fully saturated rings. The molecule has 0 aromatic carbocycles. The Hall–Kier alpha value is -2.03. The van der Waals surface area contributed by atoms with E-state index in [1.807, 2.05) is 0 Å². The summed E-state index contributed by atoms with van der Waals surface area (Å²) in [6.07, 6.45) is 37.1. The van der Waals surface area contributed by atoms with Crippen molar-refractivity contribution >= 4 is 19.8 Å². The fraction of sp³-hybridized carbons (Fsp3) is 0.737. The van der Waals surface area contributed by atoms with Crippen LogP contribution in [-0.4, -0.2) is 49.3 Å². The number of hydrogen-bond donors (Lipinski definition) is 2. The van der Waals surface area contributed by atoms with Gasteiger partial charge in [0.05, 0.1) is 13.2 Å². The van der Waals surface area contributed by atoms with Gasteiger partial charge in [0, 0.05) is 19.4 Å². The first-order chi connectivity index (χ1) is 23.3. The lowest BCUT2D eigenvalue weighted by Crippen LogP contribution is -2.29. The maximum atomic E-state index is 12.5. The number of hydrogen-bond acceptors (Lipinski definition) is 8. The van der Waals surface area contributed by atoms with Gasteiger partial charge in [-0.05, 0) is 70.6 Å². The van der Waals surface area contributed by atoms with E-state index >= 15 is 0 Å². The highest BCUT2D eigenvalue weighted by Gasteiger charge is 2.25. The number of carbonyl (C=O) groups excluding carboxylic acids is 2. The van der Waals surface area contributed by atoms with Crippen molar-refractivity contribution in [1.29, 1.82) is 0 Å². The average Bonchev–Trinajstić information content (AvgIpc) is 3.07. The number of esters is 2. The molecule has 2 atom stereocenters. The maximum Gasteiger partial charge on any atom is 0.472 e. The molecular formula is C38H68NO8P. The minimum Gasteiger partial charge on any atom is -0.462 e. The lowest BCUT2D eigenvalue weighted by atomic mass is 10.1. The molecule has 0 aromatic rings. The second-order valence-electron chi connectivity index (χ2n) is 12.1. The molecule has 0 saturated carbocycles. The molecule has 10 heteroatoms. The summed E-state index contributed by atoms with van der Waals surface area (Å²) in [5.41, 5.74) is 5.32. The zero-order valence-corrected chi connectivity index (χ0v) is 31.1. The predicted molar refractivity (Wildman–Crippen MR) is 196 cm³/mol. The van der Waals surface area contributed by atoms with Crippen LogP contribution in [0.25, 0.3) is 0 Å². The number of phosphoric ester groups is 1. The smallest absolute Gasteiger partial charge is 0.462 e. The Balaban J connectivity index is 4.28. The number of phosphoric acid groups is 1. The van der Waals surface area contributed by atoms with Gasteiger partial charge in [-0.25, -0.2) is 4.57 Å². The average molecular weight is 698 g/mol. The van der Waals surface area contributed by atoms with E-state index in [1.165, 1.54) is 19.3 Å². The Morgan fingerprint density at radius 2 is 1.15 bits per heavy atom. The zero-order chi connectivity index (χ0) is 35.4. The molecule has 9 nitrogen and oxygen atoms in total. The first kappa shape index (κ1) is 46.0. The highest BCUT2D eigenvalue weighted by molar-refractivity contribution is 7.47. The molecule has 0 heterocycles. The van der Waals surface area contributed by atoms with E-state index in [0.29, 0.717) is 12.8 Å². The summed E-state index contributed by atoms with van der Waals surface area (Å²) in [5.74, 6) is -0.865. The summed E-state index contributed by atoms with van der Waals surface area (Å²) in [5, 5.41) is 0. The van der Waals surface area contributed by atoms with Crippen molar-refractivity contribution in [3.8, 4) is 0 Å². The summed E-state index contributed by atoms with van der Waals surface area (Å²) >= 11 is 0. The van der Waals surface area contributed by atoms with Gasteiger partial charge >= 0.3 is 19.8 Å². The summed E-state index contributed by atoms with van der Waals surface area (Å²) in [4.78, 5) is 34.7. The molecular weight excluding hydrogens is 629 g/mol. The van der Waals surface area contributed by atoms with Gasteiger partial charge in [0.1, 0.15) is 6.61 Å². The van der Waals surface area contributed by atoms with Crippen molar-refractivity contribution in [2.45, 2.75) is 155 Å². The summed E-state index contributed by atoms with van der Waals surface area (Å²) in [6, 6.07) is 0. The largest absolute Gasteiger partial charge is 0.472 e. The van der Waals surface area contributed by atoms with Crippen molar-refractivity contribution in [3.63, 3.8) is 0 Å². The van der Waals surface area contributed by atoms with E-state index < -0.39 is 32.5 Å². The number of nitrogens with two attached hydrogens (primary N) is 1. The van der Waals surface area contributed by atoms with Gasteiger partial charge in [-0.1, -0.05) is 114 Å². The van der Waals surface area contributed by atoms with E-state index in [9.17, 15) is 19.0 Å². The van der Waals surface area contributed by atoms with Gasteiger partial charge in [-0.3, -0.25) is 18.6 Å². The Morgan fingerprint density at radius 3 is 1.73 bits per heavy atom. The zero-order valence-electron chi connectivity index (χ0n) is 30.2. The Labute approximate surface area is 292 Å². The molecule has 0 aliphatic rings. The summed E-state index contributed by atoms with van der Waals surface area (Å²) in [6.45, 7) is 3.54. The molecule has 0 bridgehead atoms. The molecule has 1 unspecified atom stereocenters. The molecule has 0 spiro atoms. The molecule has 3 N–H and O–H groups in total. The van der Waals surface area contributed by atoms with Crippen LogP contribution >= 0.6 is 7.82 Å². The highest BCUT2D eigenvalue weighted by atomic mass is 31.2. The van der Waals surface area contributed by atoms with Crippen LogP contribution in [0.5, 0.6) is 0 Å². The molecule has 278 valence electrons. The van der Waals surface area contributed by atoms with E-state index in [-0.39, 0.29) is 32.6 Å². The van der Waals surface area contributed by atoms with Gasteiger partial charge < -0.3 is 20.1 Å². The summed E-state index contributed by atoms with van der Waals surface area (Å²) in [7, 11) is -4.38. The molecule has 0 aromatic heterocycles. The van der Waals surface area contributed by atoms with Crippen LogP contribution in [-0.2, 0) is 32.7 Å². The molecule has 48 heavy (non-hydrogen) atoms. The second kappa shape index (κ2) is 34.8. The lowest BCUT2D eigenvalue weighted by molar-refractivity contribution is -0.161. The third-order valence-electron chi connectivity index (χ3n) is 7.45. The van der Waals surface area contributed by atoms with Gasteiger partial charge in [-0.15, -0.1) is 0 Å². The number of unbranched alkanes of at least 4 members (excludes halogenated alkanes) is 13. The normalized spacial score (nSPS) is 14.0. The highest BCUT2D eigenvalue weighted by Crippen LogP contribution is 2.43. The quantitative estimate of drug-likeness (QED) is 0.0291. The number of rotatable bonds is 34. The fourth-order valence-electron chi connectivity index (χ4n) is 4.70. The van der Waals surface area contributed by atoms with E-state index in [2.05, 4.69) is 62.5 Å². The Bertz CT molecular complexity index is 934. The van der Waals surface area contributed by atoms with Crippen LogP contribution in [0.15, 0.2) is 48.6 Å². The molecule has 0 rings (SSSR count). The maximum absolute atomic E-state index is 12.5. The SMILES string of the molecule is CC/C=C/C/C=C/C/C=C/CCCCCCCC(=O)OC[C@H](COP(=O)(O)OCCN)OC(=O)CCCCCCC/C=C/CCCCC. The van der Waals surface area contributed by atoms with Crippen LogP contribution in [0.1, 0.15) is 149 Å². The van der Waals surface area contributed by atoms with Crippen LogP contribution in [0, 0.1) is 0 Å². The van der Waals surface area contributed by atoms with Crippen LogP contribution in [0.3, 0.4) is 0 Å². The van der Waals surface area contributed by atoms with Crippen LogP contribution in [0.4, 0.5) is 0 Å². The van der Waals surface area contributed by atoms with Gasteiger partial charge in [0.25, 0.3) is 0 Å². The number of allylic oxidation sites excluding steroid dienone is 8.